The lowest BCUT2D eigenvalue weighted by molar-refractivity contribution is 0.944. The van der Waals surface area contributed by atoms with Crippen molar-refractivity contribution < 1.29 is 0 Å². The van der Waals surface area contributed by atoms with E-state index in [1.807, 2.05) is 66.7 Å². The predicted molar refractivity (Wildman–Crippen MR) is 128 cm³/mol. The van der Waals surface area contributed by atoms with Crippen molar-refractivity contribution in [2.45, 2.75) is 0 Å². The number of nitrogens with zero attached hydrogens (tertiary/aromatic N) is 2. The van der Waals surface area contributed by atoms with Crippen LogP contribution < -0.4 is 5.56 Å². The summed E-state index contributed by atoms with van der Waals surface area (Å²) in [7, 11) is 0. The van der Waals surface area contributed by atoms with Crippen LogP contribution in [0.1, 0.15) is 11.4 Å². The van der Waals surface area contributed by atoms with Crippen molar-refractivity contribution >= 4 is 73.2 Å². The van der Waals surface area contributed by atoms with E-state index in [1.165, 1.54) is 0 Å². The van der Waals surface area contributed by atoms with Crippen LogP contribution in [-0.2, 0) is 0 Å². The zero-order valence-electron chi connectivity index (χ0n) is 14.4. The Balaban J connectivity index is 1.93. The van der Waals surface area contributed by atoms with Crippen molar-refractivity contribution in [2.75, 3.05) is 0 Å². The Morgan fingerprint density at radius 3 is 2.39 bits per heavy atom. The Morgan fingerprint density at radius 2 is 1.68 bits per heavy atom. The fraction of sp³-hybridized carbons (Fsp3) is 0. The number of hydrogen-bond donors (Lipinski definition) is 0. The van der Waals surface area contributed by atoms with Gasteiger partial charge in [-0.2, -0.15) is 0 Å². The van der Waals surface area contributed by atoms with E-state index in [0.29, 0.717) is 21.7 Å². The van der Waals surface area contributed by atoms with Crippen molar-refractivity contribution in [1.29, 1.82) is 0 Å². The van der Waals surface area contributed by atoms with Crippen LogP contribution in [0.15, 0.2) is 76.0 Å². The highest BCUT2D eigenvalue weighted by Crippen LogP contribution is 2.19. The summed E-state index contributed by atoms with van der Waals surface area (Å²) in [6, 6.07) is 20.8. The topological polar surface area (TPSA) is 34.9 Å². The Labute approximate surface area is 189 Å². The molecule has 3 aromatic carbocycles. The van der Waals surface area contributed by atoms with Gasteiger partial charge in [0.25, 0.3) is 5.56 Å². The second-order valence-corrected chi connectivity index (χ2v) is 8.73. The van der Waals surface area contributed by atoms with E-state index in [9.17, 15) is 4.79 Å². The van der Waals surface area contributed by atoms with Crippen LogP contribution in [0.4, 0.5) is 0 Å². The van der Waals surface area contributed by atoms with Gasteiger partial charge in [-0.05, 0) is 88.8 Å². The fourth-order valence-electron chi connectivity index (χ4n) is 2.87. The maximum atomic E-state index is 13.3. The minimum atomic E-state index is -0.110. The average molecular weight is 564 g/mol. The summed E-state index contributed by atoms with van der Waals surface area (Å²) < 4.78 is 3.62. The zero-order valence-corrected chi connectivity index (χ0v) is 18.9. The monoisotopic (exact) mass is 562 g/mol. The Morgan fingerprint density at radius 1 is 0.964 bits per heavy atom. The van der Waals surface area contributed by atoms with Gasteiger partial charge in [-0.1, -0.05) is 45.7 Å². The molecule has 6 heteroatoms. The van der Waals surface area contributed by atoms with E-state index in [4.69, 9.17) is 16.6 Å². The minimum absolute atomic E-state index is 0.110. The van der Waals surface area contributed by atoms with Gasteiger partial charge < -0.3 is 0 Å². The number of halogens is 3. The lowest BCUT2D eigenvalue weighted by atomic mass is 10.2. The van der Waals surface area contributed by atoms with Gasteiger partial charge in [-0.3, -0.25) is 9.36 Å². The van der Waals surface area contributed by atoms with Gasteiger partial charge in [0.05, 0.1) is 16.6 Å². The van der Waals surface area contributed by atoms with Gasteiger partial charge in [-0.15, -0.1) is 0 Å². The van der Waals surface area contributed by atoms with E-state index >= 15 is 0 Å². The quantitative estimate of drug-likeness (QED) is 0.264. The zero-order chi connectivity index (χ0) is 19.7. The second kappa shape index (κ2) is 8.19. The molecule has 0 amide bonds. The molecule has 0 bridgehead atoms. The molecule has 0 spiro atoms. The van der Waals surface area contributed by atoms with Crippen LogP contribution in [0, 0.1) is 3.57 Å². The molecule has 28 heavy (non-hydrogen) atoms. The number of fused-ring (bicyclic) bond motifs is 1. The fourth-order valence-corrected chi connectivity index (χ4v) is 3.75. The lowest BCUT2D eigenvalue weighted by Crippen LogP contribution is -2.22. The molecule has 0 atom stereocenters. The highest BCUT2D eigenvalue weighted by Gasteiger charge is 2.11. The summed E-state index contributed by atoms with van der Waals surface area (Å²) >= 11 is 11.7. The standard InChI is InChI=1S/C22H13BrClIN2O/c23-15-4-1-14(2-5-15)3-12-21-26-20-11-8-17(25)13-19(20)22(28)27(21)18-9-6-16(24)7-10-18/h1-13H. The third-order valence-electron chi connectivity index (χ3n) is 4.24. The van der Waals surface area contributed by atoms with Crippen LogP contribution in [0.2, 0.25) is 5.02 Å². The molecule has 3 nitrogen and oxygen atoms in total. The molecule has 0 saturated carbocycles. The van der Waals surface area contributed by atoms with Crippen LogP contribution in [0.25, 0.3) is 28.7 Å². The molecule has 0 aliphatic heterocycles. The van der Waals surface area contributed by atoms with Crippen molar-refractivity contribution in [2.24, 2.45) is 0 Å². The molecular weight excluding hydrogens is 551 g/mol. The summed E-state index contributed by atoms with van der Waals surface area (Å²) in [6.07, 6.45) is 3.80. The first-order chi connectivity index (χ1) is 13.5. The first kappa shape index (κ1) is 19.4. The molecule has 0 aliphatic rings. The smallest absolute Gasteiger partial charge is 0.266 e. The first-order valence-electron chi connectivity index (χ1n) is 8.43. The summed E-state index contributed by atoms with van der Waals surface area (Å²) in [4.78, 5) is 18.0. The van der Waals surface area contributed by atoms with Crippen molar-refractivity contribution in [3.8, 4) is 5.69 Å². The van der Waals surface area contributed by atoms with Gasteiger partial charge in [0, 0.05) is 13.1 Å². The summed E-state index contributed by atoms with van der Waals surface area (Å²) in [6.45, 7) is 0. The summed E-state index contributed by atoms with van der Waals surface area (Å²) in [5, 5.41) is 1.20. The molecule has 4 rings (SSSR count). The molecule has 0 fully saturated rings. The van der Waals surface area contributed by atoms with E-state index < -0.39 is 0 Å². The maximum absolute atomic E-state index is 13.3. The third kappa shape index (κ3) is 4.06. The summed E-state index contributed by atoms with van der Waals surface area (Å²) in [5.74, 6) is 0.559. The molecule has 0 radical (unpaired) electrons. The lowest BCUT2D eigenvalue weighted by Gasteiger charge is -2.12. The van der Waals surface area contributed by atoms with E-state index in [-0.39, 0.29) is 5.56 Å². The van der Waals surface area contributed by atoms with Gasteiger partial charge >= 0.3 is 0 Å². The van der Waals surface area contributed by atoms with Gasteiger partial charge in [-0.25, -0.2) is 4.98 Å². The molecular formula is C22H13BrClIN2O. The maximum Gasteiger partial charge on any atom is 0.266 e. The van der Waals surface area contributed by atoms with Crippen molar-refractivity contribution in [3.05, 3.63) is 102 Å². The van der Waals surface area contributed by atoms with Crippen molar-refractivity contribution in [3.63, 3.8) is 0 Å². The molecule has 0 aliphatic carbocycles. The Bertz CT molecular complexity index is 1250. The molecule has 138 valence electrons. The molecule has 0 N–H and O–H groups in total. The highest BCUT2D eigenvalue weighted by molar-refractivity contribution is 14.1. The van der Waals surface area contributed by atoms with Crippen LogP contribution in [0.3, 0.4) is 0 Å². The van der Waals surface area contributed by atoms with E-state index in [0.717, 1.165) is 19.3 Å². The number of hydrogen-bond acceptors (Lipinski definition) is 2. The van der Waals surface area contributed by atoms with Crippen molar-refractivity contribution in [1.82, 2.24) is 9.55 Å². The second-order valence-electron chi connectivity index (χ2n) is 6.13. The Kier molecular flexibility index (Phi) is 5.66. The predicted octanol–water partition coefficient (Wildman–Crippen LogP) is 6.58. The Hall–Kier alpha value is -1.96. The summed E-state index contributed by atoms with van der Waals surface area (Å²) in [5.41, 5.74) is 2.30. The number of rotatable bonds is 3. The van der Waals surface area contributed by atoms with Crippen LogP contribution in [-0.4, -0.2) is 9.55 Å². The molecule has 0 unspecified atom stereocenters. The highest BCUT2D eigenvalue weighted by atomic mass is 127. The SMILES string of the molecule is O=c1c2cc(I)ccc2nc(C=Cc2ccc(Br)cc2)n1-c1ccc(Cl)cc1. The average Bonchev–Trinajstić information content (AvgIpc) is 2.69. The molecule has 1 aromatic heterocycles. The van der Waals surface area contributed by atoms with Gasteiger partial charge in [0.1, 0.15) is 5.82 Å². The third-order valence-corrected chi connectivity index (χ3v) is 5.69. The van der Waals surface area contributed by atoms with E-state index in [1.54, 1.807) is 16.7 Å². The number of aromatic nitrogens is 2. The van der Waals surface area contributed by atoms with Gasteiger partial charge in [0.2, 0.25) is 0 Å². The largest absolute Gasteiger partial charge is 0.268 e. The van der Waals surface area contributed by atoms with Crippen LogP contribution >= 0.6 is 50.1 Å². The van der Waals surface area contributed by atoms with E-state index in [2.05, 4.69) is 38.5 Å². The molecule has 4 aromatic rings. The molecule has 1 heterocycles. The molecule has 0 saturated heterocycles. The normalized spacial score (nSPS) is 11.4. The number of benzene rings is 3. The minimum Gasteiger partial charge on any atom is -0.268 e. The first-order valence-corrected chi connectivity index (χ1v) is 10.7. The van der Waals surface area contributed by atoms with Crippen LogP contribution in [0.5, 0.6) is 0 Å². The van der Waals surface area contributed by atoms with Gasteiger partial charge in [0.15, 0.2) is 0 Å².